The molecule has 0 unspecified atom stereocenters. The summed E-state index contributed by atoms with van der Waals surface area (Å²) in [5.41, 5.74) is 3.88. The first kappa shape index (κ1) is 11.5. The monoisotopic (exact) mass is 226 g/mol. The summed E-state index contributed by atoms with van der Waals surface area (Å²) in [6.07, 6.45) is 3.59. The van der Waals surface area contributed by atoms with Crippen molar-refractivity contribution in [1.29, 1.82) is 0 Å². The zero-order valence-electron chi connectivity index (χ0n) is 9.67. The first-order valence-electron chi connectivity index (χ1n) is 5.48. The van der Waals surface area contributed by atoms with Crippen molar-refractivity contribution >= 4 is 6.08 Å². The van der Waals surface area contributed by atoms with E-state index in [-0.39, 0.29) is 6.61 Å². The summed E-state index contributed by atoms with van der Waals surface area (Å²) in [6, 6.07) is 11.9. The Morgan fingerprint density at radius 1 is 1.06 bits per heavy atom. The van der Waals surface area contributed by atoms with Crippen LogP contribution in [0, 0.1) is 6.92 Å². The highest BCUT2D eigenvalue weighted by molar-refractivity contribution is 5.62. The number of rotatable bonds is 3. The highest BCUT2D eigenvalue weighted by Gasteiger charge is 1.98. The van der Waals surface area contributed by atoms with E-state index < -0.39 is 0 Å². The standard InChI is InChI=1S/C14H14N2O/c1-11-4-9-14(16-15-11)13-7-5-12(6-8-13)3-2-10-17/h2-9,17H,10H2,1H3. The lowest BCUT2D eigenvalue weighted by Crippen LogP contribution is -1.89. The number of aliphatic hydroxyl groups is 1. The van der Waals surface area contributed by atoms with Crippen LogP contribution in [0.3, 0.4) is 0 Å². The van der Waals surface area contributed by atoms with Crippen LogP contribution in [-0.4, -0.2) is 21.9 Å². The Morgan fingerprint density at radius 3 is 2.41 bits per heavy atom. The largest absolute Gasteiger partial charge is 0.392 e. The molecule has 1 heterocycles. The van der Waals surface area contributed by atoms with E-state index in [4.69, 9.17) is 5.11 Å². The fraction of sp³-hybridized carbons (Fsp3) is 0.143. The van der Waals surface area contributed by atoms with Crippen molar-refractivity contribution in [2.24, 2.45) is 0 Å². The second kappa shape index (κ2) is 5.37. The van der Waals surface area contributed by atoms with Crippen LogP contribution in [0.15, 0.2) is 42.5 Å². The molecule has 1 N–H and O–H groups in total. The molecule has 0 radical (unpaired) electrons. The molecular formula is C14H14N2O. The Labute approximate surface area is 100 Å². The van der Waals surface area contributed by atoms with Gasteiger partial charge in [0.2, 0.25) is 0 Å². The SMILES string of the molecule is Cc1ccc(-c2ccc(C=CCO)cc2)nn1. The van der Waals surface area contributed by atoms with E-state index in [1.54, 1.807) is 6.08 Å². The highest BCUT2D eigenvalue weighted by Crippen LogP contribution is 2.17. The van der Waals surface area contributed by atoms with E-state index in [1.807, 2.05) is 49.4 Å². The summed E-state index contributed by atoms with van der Waals surface area (Å²) in [5, 5.41) is 16.8. The van der Waals surface area contributed by atoms with Crippen molar-refractivity contribution in [3.05, 3.63) is 53.7 Å². The van der Waals surface area contributed by atoms with Crippen molar-refractivity contribution in [3.8, 4) is 11.3 Å². The molecule has 2 aromatic rings. The van der Waals surface area contributed by atoms with Gasteiger partial charge in [-0.15, -0.1) is 0 Å². The quantitative estimate of drug-likeness (QED) is 0.874. The molecule has 3 heteroatoms. The Morgan fingerprint density at radius 2 is 1.82 bits per heavy atom. The molecular weight excluding hydrogens is 212 g/mol. The molecule has 86 valence electrons. The minimum absolute atomic E-state index is 0.0607. The van der Waals surface area contributed by atoms with Gasteiger partial charge in [-0.25, -0.2) is 0 Å². The molecule has 1 aromatic heterocycles. The van der Waals surface area contributed by atoms with Crippen molar-refractivity contribution in [2.45, 2.75) is 6.92 Å². The predicted octanol–water partition coefficient (Wildman–Crippen LogP) is 2.46. The van der Waals surface area contributed by atoms with Crippen LogP contribution in [0.5, 0.6) is 0 Å². The molecule has 0 bridgehead atoms. The summed E-state index contributed by atoms with van der Waals surface area (Å²) in [6.45, 7) is 1.98. The lowest BCUT2D eigenvalue weighted by atomic mass is 10.1. The van der Waals surface area contributed by atoms with Gasteiger partial charge in [-0.05, 0) is 24.6 Å². The number of benzene rings is 1. The zero-order chi connectivity index (χ0) is 12.1. The fourth-order valence-electron chi connectivity index (χ4n) is 1.51. The minimum Gasteiger partial charge on any atom is -0.392 e. The molecule has 0 aliphatic heterocycles. The predicted molar refractivity (Wildman–Crippen MR) is 68.3 cm³/mol. The summed E-state index contributed by atoms with van der Waals surface area (Å²) in [4.78, 5) is 0. The Balaban J connectivity index is 2.23. The van der Waals surface area contributed by atoms with Crippen molar-refractivity contribution < 1.29 is 5.11 Å². The van der Waals surface area contributed by atoms with E-state index in [2.05, 4.69) is 10.2 Å². The van der Waals surface area contributed by atoms with Gasteiger partial charge in [0.05, 0.1) is 18.0 Å². The first-order valence-corrected chi connectivity index (χ1v) is 5.48. The third kappa shape index (κ3) is 2.98. The van der Waals surface area contributed by atoms with Gasteiger partial charge < -0.3 is 5.11 Å². The second-order valence-electron chi connectivity index (χ2n) is 3.77. The Hall–Kier alpha value is -2.00. The van der Waals surface area contributed by atoms with E-state index >= 15 is 0 Å². The Kier molecular flexibility index (Phi) is 3.62. The van der Waals surface area contributed by atoms with Gasteiger partial charge >= 0.3 is 0 Å². The molecule has 3 nitrogen and oxygen atoms in total. The lowest BCUT2D eigenvalue weighted by molar-refractivity contribution is 0.343. The third-order valence-electron chi connectivity index (χ3n) is 2.42. The van der Waals surface area contributed by atoms with Crippen molar-refractivity contribution in [1.82, 2.24) is 10.2 Å². The molecule has 1 aromatic carbocycles. The van der Waals surface area contributed by atoms with Gasteiger partial charge in [0.1, 0.15) is 0 Å². The molecule has 0 saturated carbocycles. The maximum atomic E-state index is 8.68. The van der Waals surface area contributed by atoms with Crippen LogP contribution in [0.25, 0.3) is 17.3 Å². The van der Waals surface area contributed by atoms with Gasteiger partial charge in [0.15, 0.2) is 0 Å². The third-order valence-corrected chi connectivity index (χ3v) is 2.42. The van der Waals surface area contributed by atoms with Crippen LogP contribution in [-0.2, 0) is 0 Å². The van der Waals surface area contributed by atoms with E-state index in [0.717, 1.165) is 22.5 Å². The molecule has 0 aliphatic carbocycles. The molecule has 0 saturated heterocycles. The molecule has 2 rings (SSSR count). The summed E-state index contributed by atoms with van der Waals surface area (Å²) >= 11 is 0. The maximum absolute atomic E-state index is 8.68. The molecule has 0 aliphatic rings. The molecule has 17 heavy (non-hydrogen) atoms. The van der Waals surface area contributed by atoms with E-state index in [9.17, 15) is 0 Å². The average Bonchev–Trinajstić information content (AvgIpc) is 2.38. The number of nitrogens with zero attached hydrogens (tertiary/aromatic N) is 2. The Bertz CT molecular complexity index is 501. The number of aromatic nitrogens is 2. The zero-order valence-corrected chi connectivity index (χ0v) is 9.67. The average molecular weight is 226 g/mol. The molecule has 0 atom stereocenters. The van der Waals surface area contributed by atoms with Gasteiger partial charge in [0, 0.05) is 5.56 Å². The number of hydrogen-bond donors (Lipinski definition) is 1. The topological polar surface area (TPSA) is 46.0 Å². The van der Waals surface area contributed by atoms with Crippen LogP contribution in [0.4, 0.5) is 0 Å². The maximum Gasteiger partial charge on any atom is 0.0929 e. The van der Waals surface area contributed by atoms with Gasteiger partial charge in [0.25, 0.3) is 0 Å². The first-order chi connectivity index (χ1) is 8.29. The highest BCUT2D eigenvalue weighted by atomic mass is 16.2. The van der Waals surface area contributed by atoms with Gasteiger partial charge in [-0.1, -0.05) is 36.4 Å². The van der Waals surface area contributed by atoms with Crippen LogP contribution < -0.4 is 0 Å². The summed E-state index contributed by atoms with van der Waals surface area (Å²) in [7, 11) is 0. The number of hydrogen-bond acceptors (Lipinski definition) is 3. The van der Waals surface area contributed by atoms with Crippen molar-refractivity contribution in [3.63, 3.8) is 0 Å². The van der Waals surface area contributed by atoms with E-state index in [1.165, 1.54) is 0 Å². The van der Waals surface area contributed by atoms with Crippen LogP contribution >= 0.6 is 0 Å². The molecule has 0 amide bonds. The van der Waals surface area contributed by atoms with E-state index in [0.29, 0.717) is 0 Å². The van der Waals surface area contributed by atoms with Gasteiger partial charge in [-0.2, -0.15) is 10.2 Å². The fourth-order valence-corrected chi connectivity index (χ4v) is 1.51. The number of aliphatic hydroxyl groups excluding tert-OH is 1. The minimum atomic E-state index is 0.0607. The van der Waals surface area contributed by atoms with Crippen LogP contribution in [0.2, 0.25) is 0 Å². The summed E-state index contributed by atoms with van der Waals surface area (Å²) in [5.74, 6) is 0. The second-order valence-corrected chi connectivity index (χ2v) is 3.77. The van der Waals surface area contributed by atoms with Gasteiger partial charge in [-0.3, -0.25) is 0 Å². The lowest BCUT2D eigenvalue weighted by Gasteiger charge is -2.00. The number of aryl methyl sites for hydroxylation is 1. The summed E-state index contributed by atoms with van der Waals surface area (Å²) < 4.78 is 0. The smallest absolute Gasteiger partial charge is 0.0929 e. The molecule has 0 fully saturated rings. The van der Waals surface area contributed by atoms with Crippen LogP contribution in [0.1, 0.15) is 11.3 Å². The molecule has 0 spiro atoms. The van der Waals surface area contributed by atoms with Crippen molar-refractivity contribution in [2.75, 3.05) is 6.61 Å². The normalized spacial score (nSPS) is 10.9.